The highest BCUT2D eigenvalue weighted by atomic mass is 19.1. The second-order valence-electron chi connectivity index (χ2n) is 5.27. The number of hydrogen-bond donors (Lipinski definition) is 0. The fourth-order valence-electron chi connectivity index (χ4n) is 2.26. The molecule has 0 saturated carbocycles. The second-order valence-corrected chi connectivity index (χ2v) is 5.27. The maximum atomic E-state index is 13.0. The average molecular weight is 322 g/mol. The van der Waals surface area contributed by atoms with E-state index in [9.17, 15) is 4.39 Å². The van der Waals surface area contributed by atoms with Gasteiger partial charge in [-0.1, -0.05) is 0 Å². The van der Waals surface area contributed by atoms with Crippen molar-refractivity contribution in [2.24, 2.45) is 0 Å². The van der Waals surface area contributed by atoms with Crippen LogP contribution in [0.5, 0.6) is 0 Å². The molecule has 0 saturated heterocycles. The van der Waals surface area contributed by atoms with Gasteiger partial charge in [0, 0.05) is 46.0 Å². The zero-order valence-electron chi connectivity index (χ0n) is 13.6. The number of hydrogen-bond acceptors (Lipinski definition) is 5. The summed E-state index contributed by atoms with van der Waals surface area (Å²) in [4.78, 5) is 6.73. The molecule has 1 heterocycles. The summed E-state index contributed by atoms with van der Waals surface area (Å²) >= 11 is 0. The molecule has 5 nitrogen and oxygen atoms in total. The molecule has 1 aromatic carbocycles. The molecular weight excluding hydrogens is 299 g/mol. The Balaban J connectivity index is 1.97. The minimum atomic E-state index is -0.274. The molecule has 0 amide bonds. The van der Waals surface area contributed by atoms with E-state index in [2.05, 4.69) is 9.88 Å². The van der Waals surface area contributed by atoms with Crippen LogP contribution in [0, 0.1) is 5.82 Å². The van der Waals surface area contributed by atoms with Crippen LogP contribution in [0.15, 0.2) is 34.9 Å². The lowest BCUT2D eigenvalue weighted by atomic mass is 10.2. The Bertz CT molecular complexity index is 571. The standard InChI is InChI=1S/C17H23FN2O3/c1-21-10-3-8-20(9-11-22-2)12-16-13-23-17(19-16)14-4-6-15(18)7-5-14/h4-7,13H,3,8-12H2,1-2H3. The molecule has 0 radical (unpaired) electrons. The first-order valence-electron chi connectivity index (χ1n) is 7.63. The van der Waals surface area contributed by atoms with Gasteiger partial charge in [0.25, 0.3) is 0 Å². The maximum absolute atomic E-state index is 13.0. The SMILES string of the molecule is COCCCN(CCOC)Cc1coc(-c2ccc(F)cc2)n1. The molecule has 0 aliphatic carbocycles. The Labute approximate surface area is 136 Å². The average Bonchev–Trinajstić information content (AvgIpc) is 3.02. The van der Waals surface area contributed by atoms with Crippen LogP contribution in [0.1, 0.15) is 12.1 Å². The smallest absolute Gasteiger partial charge is 0.226 e. The van der Waals surface area contributed by atoms with Crippen LogP contribution in [-0.2, 0) is 16.0 Å². The summed E-state index contributed by atoms with van der Waals surface area (Å²) in [6.45, 7) is 3.78. The van der Waals surface area contributed by atoms with Crippen LogP contribution in [-0.4, -0.2) is 50.4 Å². The van der Waals surface area contributed by atoms with Crippen molar-refractivity contribution in [3.8, 4) is 11.5 Å². The molecule has 0 spiro atoms. The molecule has 0 unspecified atom stereocenters. The number of methoxy groups -OCH3 is 2. The first-order chi connectivity index (χ1) is 11.2. The van der Waals surface area contributed by atoms with Crippen LogP contribution >= 0.6 is 0 Å². The normalized spacial score (nSPS) is 11.3. The molecule has 0 fully saturated rings. The molecule has 1 aromatic heterocycles. The van der Waals surface area contributed by atoms with Crippen molar-refractivity contribution in [1.29, 1.82) is 0 Å². The molecule has 0 N–H and O–H groups in total. The molecule has 0 aliphatic rings. The Hall–Kier alpha value is -1.76. The number of benzene rings is 1. The fraction of sp³-hybridized carbons (Fsp3) is 0.471. The van der Waals surface area contributed by atoms with E-state index in [1.54, 1.807) is 32.6 Å². The number of nitrogens with zero attached hydrogens (tertiary/aromatic N) is 2. The van der Waals surface area contributed by atoms with Crippen LogP contribution < -0.4 is 0 Å². The van der Waals surface area contributed by atoms with Gasteiger partial charge in [0.2, 0.25) is 5.89 Å². The zero-order valence-corrected chi connectivity index (χ0v) is 13.6. The van der Waals surface area contributed by atoms with Gasteiger partial charge in [0.1, 0.15) is 12.1 Å². The fourth-order valence-corrected chi connectivity index (χ4v) is 2.26. The Morgan fingerprint density at radius 1 is 1.09 bits per heavy atom. The highest BCUT2D eigenvalue weighted by Gasteiger charge is 2.11. The third-order valence-corrected chi connectivity index (χ3v) is 3.46. The summed E-state index contributed by atoms with van der Waals surface area (Å²) in [5.74, 6) is 0.230. The van der Waals surface area contributed by atoms with E-state index in [-0.39, 0.29) is 5.82 Å². The van der Waals surface area contributed by atoms with Crippen LogP contribution in [0.3, 0.4) is 0 Å². The van der Waals surface area contributed by atoms with E-state index in [1.165, 1.54) is 12.1 Å². The Morgan fingerprint density at radius 2 is 1.83 bits per heavy atom. The summed E-state index contributed by atoms with van der Waals surface area (Å²) in [7, 11) is 3.39. The number of ether oxygens (including phenoxy) is 2. The minimum Gasteiger partial charge on any atom is -0.444 e. The summed E-state index contributed by atoms with van der Waals surface area (Å²) in [6.07, 6.45) is 2.59. The van der Waals surface area contributed by atoms with Crippen molar-refractivity contribution in [2.75, 3.05) is 40.5 Å². The van der Waals surface area contributed by atoms with Gasteiger partial charge in [0.05, 0.1) is 12.3 Å². The topological polar surface area (TPSA) is 47.7 Å². The van der Waals surface area contributed by atoms with Crippen LogP contribution in [0.25, 0.3) is 11.5 Å². The second kappa shape index (κ2) is 9.39. The highest BCUT2D eigenvalue weighted by molar-refractivity contribution is 5.52. The van der Waals surface area contributed by atoms with Gasteiger partial charge in [-0.3, -0.25) is 4.90 Å². The van der Waals surface area contributed by atoms with E-state index in [4.69, 9.17) is 13.9 Å². The summed E-state index contributed by atoms with van der Waals surface area (Å²) in [5.41, 5.74) is 1.61. The number of aromatic nitrogens is 1. The van der Waals surface area contributed by atoms with Crippen LogP contribution in [0.2, 0.25) is 0 Å². The number of oxazole rings is 1. The molecule has 2 aromatic rings. The van der Waals surface area contributed by atoms with Crippen LogP contribution in [0.4, 0.5) is 4.39 Å². The minimum absolute atomic E-state index is 0.274. The summed E-state index contributed by atoms with van der Waals surface area (Å²) in [6, 6.07) is 6.11. The zero-order chi connectivity index (χ0) is 16.5. The first-order valence-corrected chi connectivity index (χ1v) is 7.63. The van der Waals surface area contributed by atoms with Crippen molar-refractivity contribution in [1.82, 2.24) is 9.88 Å². The summed E-state index contributed by atoms with van der Waals surface area (Å²) < 4.78 is 28.7. The molecule has 0 bridgehead atoms. The molecule has 126 valence electrons. The Kier molecular flexibility index (Phi) is 7.19. The molecular formula is C17H23FN2O3. The third-order valence-electron chi connectivity index (χ3n) is 3.46. The van der Waals surface area contributed by atoms with Gasteiger partial charge < -0.3 is 13.9 Å². The maximum Gasteiger partial charge on any atom is 0.226 e. The number of halogens is 1. The third kappa shape index (κ3) is 5.74. The predicted molar refractivity (Wildman–Crippen MR) is 85.5 cm³/mol. The lowest BCUT2D eigenvalue weighted by molar-refractivity contribution is 0.128. The number of rotatable bonds is 10. The molecule has 6 heteroatoms. The Morgan fingerprint density at radius 3 is 2.52 bits per heavy atom. The molecule has 0 atom stereocenters. The largest absolute Gasteiger partial charge is 0.444 e. The van der Waals surface area contributed by atoms with Gasteiger partial charge in [0.15, 0.2) is 0 Å². The van der Waals surface area contributed by atoms with Crippen molar-refractivity contribution in [3.05, 3.63) is 42.0 Å². The van der Waals surface area contributed by atoms with Gasteiger partial charge in [-0.2, -0.15) is 0 Å². The molecule has 23 heavy (non-hydrogen) atoms. The predicted octanol–water partition coefficient (Wildman–Crippen LogP) is 2.97. The van der Waals surface area contributed by atoms with E-state index in [0.29, 0.717) is 19.0 Å². The van der Waals surface area contributed by atoms with Gasteiger partial charge in [-0.15, -0.1) is 0 Å². The molecule has 0 aliphatic heterocycles. The van der Waals surface area contributed by atoms with Gasteiger partial charge >= 0.3 is 0 Å². The lowest BCUT2D eigenvalue weighted by Crippen LogP contribution is -2.28. The lowest BCUT2D eigenvalue weighted by Gasteiger charge is -2.20. The van der Waals surface area contributed by atoms with Crippen molar-refractivity contribution >= 4 is 0 Å². The van der Waals surface area contributed by atoms with Gasteiger partial charge in [-0.05, 0) is 30.7 Å². The van der Waals surface area contributed by atoms with E-state index in [0.717, 1.165) is 37.4 Å². The van der Waals surface area contributed by atoms with Gasteiger partial charge in [-0.25, -0.2) is 9.37 Å². The van der Waals surface area contributed by atoms with E-state index >= 15 is 0 Å². The molecule has 2 rings (SSSR count). The van der Waals surface area contributed by atoms with Crippen molar-refractivity contribution < 1.29 is 18.3 Å². The monoisotopic (exact) mass is 322 g/mol. The van der Waals surface area contributed by atoms with E-state index < -0.39 is 0 Å². The summed E-state index contributed by atoms with van der Waals surface area (Å²) in [5, 5.41) is 0. The van der Waals surface area contributed by atoms with Crippen molar-refractivity contribution in [3.63, 3.8) is 0 Å². The highest BCUT2D eigenvalue weighted by Crippen LogP contribution is 2.19. The van der Waals surface area contributed by atoms with Crippen molar-refractivity contribution in [2.45, 2.75) is 13.0 Å². The first kappa shape index (κ1) is 17.6. The van der Waals surface area contributed by atoms with E-state index in [1.807, 2.05) is 0 Å². The quantitative estimate of drug-likeness (QED) is 0.629.